The van der Waals surface area contributed by atoms with E-state index in [1.807, 2.05) is 17.0 Å². The van der Waals surface area contributed by atoms with Crippen LogP contribution in [0.3, 0.4) is 0 Å². The number of hydrogen-bond donors (Lipinski definition) is 1. The van der Waals surface area contributed by atoms with Gasteiger partial charge in [-0.05, 0) is 50.0 Å². The van der Waals surface area contributed by atoms with Crippen molar-refractivity contribution >= 4 is 17.7 Å². The van der Waals surface area contributed by atoms with Gasteiger partial charge < -0.3 is 29.7 Å². The van der Waals surface area contributed by atoms with Crippen LogP contribution in [0.1, 0.15) is 71.0 Å². The van der Waals surface area contributed by atoms with Crippen LogP contribution >= 0.6 is 0 Å². The molecular formula is C27H42N8O3. The predicted molar refractivity (Wildman–Crippen MR) is 144 cm³/mol. The summed E-state index contributed by atoms with van der Waals surface area (Å²) in [5.41, 5.74) is 6.41. The third kappa shape index (κ3) is 6.03. The number of piperidine rings is 2. The molecule has 3 saturated heterocycles. The number of aromatic nitrogens is 4. The molecule has 11 heteroatoms. The van der Waals surface area contributed by atoms with Crippen molar-refractivity contribution in [2.24, 2.45) is 17.6 Å². The highest BCUT2D eigenvalue weighted by atomic mass is 16.5. The van der Waals surface area contributed by atoms with Gasteiger partial charge in [0, 0.05) is 57.2 Å². The molecule has 5 heterocycles. The normalized spacial score (nSPS) is 23.9. The number of rotatable bonds is 9. The van der Waals surface area contributed by atoms with Gasteiger partial charge in [-0.25, -0.2) is 0 Å². The van der Waals surface area contributed by atoms with Gasteiger partial charge in [-0.2, -0.15) is 4.98 Å². The molecule has 0 radical (unpaired) electrons. The van der Waals surface area contributed by atoms with Crippen molar-refractivity contribution in [3.8, 4) is 5.88 Å². The lowest BCUT2D eigenvalue weighted by atomic mass is 9.84. The molecule has 0 aromatic carbocycles. The molecule has 0 aliphatic carbocycles. The Balaban J connectivity index is 1.04. The predicted octanol–water partition coefficient (Wildman–Crippen LogP) is 2.83. The Hall–Kier alpha value is -2.95. The van der Waals surface area contributed by atoms with Crippen LogP contribution in [0.15, 0.2) is 16.7 Å². The number of ether oxygens (including phenoxy) is 1. The van der Waals surface area contributed by atoms with Crippen molar-refractivity contribution in [1.29, 1.82) is 0 Å². The third-order valence-corrected chi connectivity index (χ3v) is 8.43. The summed E-state index contributed by atoms with van der Waals surface area (Å²) in [5, 5.41) is 12.8. The van der Waals surface area contributed by atoms with Gasteiger partial charge in [-0.1, -0.05) is 25.9 Å². The minimum absolute atomic E-state index is 0.0402. The fourth-order valence-corrected chi connectivity index (χ4v) is 5.90. The number of hydrogen-bond acceptors (Lipinski definition) is 10. The highest BCUT2D eigenvalue weighted by molar-refractivity contribution is 5.77. The Morgan fingerprint density at radius 1 is 1.08 bits per heavy atom. The van der Waals surface area contributed by atoms with E-state index < -0.39 is 0 Å². The molecule has 3 aliphatic heterocycles. The van der Waals surface area contributed by atoms with Crippen LogP contribution < -0.4 is 20.3 Å². The quantitative estimate of drug-likeness (QED) is 0.521. The maximum absolute atomic E-state index is 12.4. The molecule has 11 nitrogen and oxygen atoms in total. The van der Waals surface area contributed by atoms with Crippen molar-refractivity contribution in [2.75, 3.05) is 49.1 Å². The van der Waals surface area contributed by atoms with E-state index >= 15 is 0 Å². The Bertz CT molecular complexity index is 1050. The van der Waals surface area contributed by atoms with Gasteiger partial charge in [0.25, 0.3) is 0 Å². The standard InChI is InChI=1S/C27H42N8O3/c1-18(2)26-29-27(38-32-26)33-13-9-20(10-14-33)19(3)11-15-37-24-8-7-23(30-31-24)34-16-21(28)22(17-34)35-12-5-4-6-25(35)36/h7-8,18-22H,4-6,9-17,28H2,1-3H3/t19-,21+,22+/m1/s1. The number of carbonyl (C=O) groups excluding carboxylic acids is 1. The molecular weight excluding hydrogens is 484 g/mol. The number of nitrogens with two attached hydrogens (primary N) is 1. The van der Waals surface area contributed by atoms with Crippen molar-refractivity contribution < 1.29 is 14.1 Å². The lowest BCUT2D eigenvalue weighted by Crippen LogP contribution is -2.51. The molecule has 38 heavy (non-hydrogen) atoms. The van der Waals surface area contributed by atoms with Crippen molar-refractivity contribution in [3.05, 3.63) is 18.0 Å². The monoisotopic (exact) mass is 526 g/mol. The molecule has 208 valence electrons. The summed E-state index contributed by atoms with van der Waals surface area (Å²) in [6.45, 7) is 11.1. The van der Waals surface area contributed by atoms with Crippen LogP contribution in [0.4, 0.5) is 11.8 Å². The second-order valence-electron chi connectivity index (χ2n) is 11.4. The van der Waals surface area contributed by atoms with Gasteiger partial charge in [0.2, 0.25) is 11.8 Å². The largest absolute Gasteiger partial charge is 0.477 e. The Morgan fingerprint density at radius 2 is 1.89 bits per heavy atom. The molecule has 2 aromatic heterocycles. The van der Waals surface area contributed by atoms with E-state index in [4.69, 9.17) is 15.0 Å². The first-order valence-electron chi connectivity index (χ1n) is 14.2. The van der Waals surface area contributed by atoms with Gasteiger partial charge in [0.1, 0.15) is 0 Å². The second kappa shape index (κ2) is 11.8. The van der Waals surface area contributed by atoms with Crippen LogP contribution in [0.25, 0.3) is 0 Å². The molecule has 0 bridgehead atoms. The highest BCUT2D eigenvalue weighted by Crippen LogP contribution is 2.30. The molecule has 1 amide bonds. The summed E-state index contributed by atoms with van der Waals surface area (Å²) in [7, 11) is 0. The maximum atomic E-state index is 12.4. The van der Waals surface area contributed by atoms with Gasteiger partial charge in [-0.3, -0.25) is 4.79 Å². The fraction of sp³-hybridized carbons (Fsp3) is 0.741. The van der Waals surface area contributed by atoms with E-state index in [1.54, 1.807) is 0 Å². The van der Waals surface area contributed by atoms with Gasteiger partial charge >= 0.3 is 6.01 Å². The molecule has 5 rings (SSSR count). The number of likely N-dealkylation sites (tertiary alicyclic amines) is 1. The summed E-state index contributed by atoms with van der Waals surface area (Å²) in [5.74, 6) is 3.79. The van der Waals surface area contributed by atoms with Crippen molar-refractivity contribution in [3.63, 3.8) is 0 Å². The van der Waals surface area contributed by atoms with E-state index in [9.17, 15) is 4.79 Å². The number of nitrogens with zero attached hydrogens (tertiary/aromatic N) is 7. The minimum Gasteiger partial charge on any atom is -0.477 e. The number of anilines is 2. The summed E-state index contributed by atoms with van der Waals surface area (Å²) in [6.07, 6.45) is 5.85. The summed E-state index contributed by atoms with van der Waals surface area (Å²) in [6, 6.07) is 4.44. The zero-order valence-electron chi connectivity index (χ0n) is 23.0. The first kappa shape index (κ1) is 26.6. The van der Waals surface area contributed by atoms with Crippen LogP contribution in [0.5, 0.6) is 5.88 Å². The number of carbonyl (C=O) groups is 1. The minimum atomic E-state index is -0.0762. The lowest BCUT2D eigenvalue weighted by Gasteiger charge is -2.34. The fourth-order valence-electron chi connectivity index (χ4n) is 5.90. The first-order chi connectivity index (χ1) is 18.4. The molecule has 3 fully saturated rings. The van der Waals surface area contributed by atoms with E-state index in [1.165, 1.54) is 0 Å². The lowest BCUT2D eigenvalue weighted by molar-refractivity contribution is -0.135. The molecule has 3 aliphatic rings. The van der Waals surface area contributed by atoms with Crippen molar-refractivity contribution in [2.45, 2.75) is 77.3 Å². The Morgan fingerprint density at radius 3 is 2.58 bits per heavy atom. The van der Waals surface area contributed by atoms with Gasteiger partial charge in [-0.15, -0.1) is 10.2 Å². The molecule has 2 aromatic rings. The van der Waals surface area contributed by atoms with Gasteiger partial charge in [0.15, 0.2) is 11.6 Å². The van der Waals surface area contributed by atoms with Crippen LogP contribution in [0.2, 0.25) is 0 Å². The topological polar surface area (TPSA) is 127 Å². The zero-order valence-corrected chi connectivity index (χ0v) is 23.0. The smallest absolute Gasteiger partial charge is 0.324 e. The average Bonchev–Trinajstić information content (AvgIpc) is 3.57. The van der Waals surface area contributed by atoms with Gasteiger partial charge in [0.05, 0.1) is 12.6 Å². The Labute approximate surface area is 225 Å². The van der Waals surface area contributed by atoms with E-state index in [0.717, 1.165) is 63.4 Å². The Kier molecular flexibility index (Phi) is 8.30. The van der Waals surface area contributed by atoms with Crippen LogP contribution in [-0.2, 0) is 4.79 Å². The molecule has 3 atom stereocenters. The van der Waals surface area contributed by atoms with Crippen LogP contribution in [0, 0.1) is 11.8 Å². The zero-order chi connectivity index (χ0) is 26.6. The van der Waals surface area contributed by atoms with Crippen LogP contribution in [-0.4, -0.2) is 82.6 Å². The maximum Gasteiger partial charge on any atom is 0.324 e. The number of amides is 1. The van der Waals surface area contributed by atoms with E-state index in [-0.39, 0.29) is 23.9 Å². The first-order valence-corrected chi connectivity index (χ1v) is 14.2. The van der Waals surface area contributed by atoms with Crippen molar-refractivity contribution in [1.82, 2.24) is 25.2 Å². The summed E-state index contributed by atoms with van der Waals surface area (Å²) in [4.78, 5) is 23.2. The summed E-state index contributed by atoms with van der Waals surface area (Å²) < 4.78 is 11.4. The highest BCUT2D eigenvalue weighted by Gasteiger charge is 2.38. The second-order valence-corrected chi connectivity index (χ2v) is 11.4. The third-order valence-electron chi connectivity index (χ3n) is 8.43. The molecule has 0 spiro atoms. The molecule has 0 unspecified atom stereocenters. The molecule has 2 N–H and O–H groups in total. The van der Waals surface area contributed by atoms with E-state index in [0.29, 0.717) is 49.8 Å². The van der Waals surface area contributed by atoms with E-state index in [2.05, 4.69) is 50.9 Å². The average molecular weight is 527 g/mol. The molecule has 0 saturated carbocycles. The summed E-state index contributed by atoms with van der Waals surface area (Å²) >= 11 is 0. The SMILES string of the molecule is CC(C)c1noc(N2CCC([C@H](C)CCOc3ccc(N4C[C@H](N)[C@@H](N5CCCCC5=O)C4)nn3)CC2)n1.